The Morgan fingerprint density at radius 2 is 1.86 bits per heavy atom. The molecule has 0 spiro atoms. The summed E-state index contributed by atoms with van der Waals surface area (Å²) in [5, 5.41) is 20.8. The molecule has 7 nitrogen and oxygen atoms in total. The molecule has 0 unspecified atom stereocenters. The summed E-state index contributed by atoms with van der Waals surface area (Å²) in [4.78, 5) is 4.18. The average Bonchev–Trinajstić information content (AvgIpc) is 3.20. The monoisotopic (exact) mass is 380 g/mol. The molecule has 3 N–H and O–H groups in total. The molecule has 0 radical (unpaired) electrons. The third-order valence-electron chi connectivity index (χ3n) is 4.29. The highest BCUT2D eigenvalue weighted by Gasteiger charge is 2.19. The number of rotatable bonds is 4. The summed E-state index contributed by atoms with van der Waals surface area (Å²) >= 11 is 0. The Balaban J connectivity index is 1.88. The van der Waals surface area contributed by atoms with Gasteiger partial charge in [0, 0.05) is 11.8 Å². The highest BCUT2D eigenvalue weighted by Crippen LogP contribution is 2.31. The largest absolute Gasteiger partial charge is 0.392 e. The Labute approximate surface area is 158 Å². The Kier molecular flexibility index (Phi) is 4.50. The zero-order chi connectivity index (χ0) is 19.7. The summed E-state index contributed by atoms with van der Waals surface area (Å²) < 4.78 is 28.9. The minimum Gasteiger partial charge on any atom is -0.392 e. The van der Waals surface area contributed by atoms with Crippen molar-refractivity contribution in [3.8, 4) is 28.2 Å². The topological polar surface area (TPSA) is 103 Å². The standard InChI is InChI=1S/C19H14F2N6O/c20-15-6-3-7-16(17(15)21)27-19(24-25-26-27)14-8-12(9-23-18(14)22)13-5-2-1-4-11(13)10-28/h1-9,28H,10H2,(H2,22,23). The van der Waals surface area contributed by atoms with Crippen LogP contribution >= 0.6 is 0 Å². The molecule has 9 heteroatoms. The number of aliphatic hydroxyl groups excluding tert-OH is 1. The van der Waals surface area contributed by atoms with E-state index in [9.17, 15) is 13.9 Å². The first kappa shape index (κ1) is 17.7. The summed E-state index contributed by atoms with van der Waals surface area (Å²) in [6.45, 7) is -0.151. The maximum Gasteiger partial charge on any atom is 0.190 e. The molecular weight excluding hydrogens is 366 g/mol. The van der Waals surface area contributed by atoms with E-state index in [2.05, 4.69) is 20.5 Å². The van der Waals surface area contributed by atoms with Gasteiger partial charge in [0.05, 0.1) is 12.2 Å². The van der Waals surface area contributed by atoms with Crippen LogP contribution < -0.4 is 5.73 Å². The predicted octanol–water partition coefficient (Wildman–Crippen LogP) is 2.74. The maximum absolute atomic E-state index is 14.2. The fourth-order valence-electron chi connectivity index (χ4n) is 2.91. The van der Waals surface area contributed by atoms with E-state index < -0.39 is 11.6 Å². The lowest BCUT2D eigenvalue weighted by molar-refractivity contribution is 0.282. The predicted molar refractivity (Wildman–Crippen MR) is 98.1 cm³/mol. The van der Waals surface area contributed by atoms with Gasteiger partial charge in [0.15, 0.2) is 17.5 Å². The van der Waals surface area contributed by atoms with Crippen LogP contribution in [0.5, 0.6) is 0 Å². The molecule has 2 heterocycles. The van der Waals surface area contributed by atoms with E-state index in [0.29, 0.717) is 16.7 Å². The lowest BCUT2D eigenvalue weighted by Gasteiger charge is -2.11. The molecule has 0 fully saturated rings. The second-order valence-corrected chi connectivity index (χ2v) is 5.96. The number of pyridine rings is 1. The molecule has 28 heavy (non-hydrogen) atoms. The van der Waals surface area contributed by atoms with Crippen molar-refractivity contribution < 1.29 is 13.9 Å². The molecule has 2 aromatic carbocycles. The van der Waals surface area contributed by atoms with Gasteiger partial charge in [0.25, 0.3) is 0 Å². The van der Waals surface area contributed by atoms with Gasteiger partial charge >= 0.3 is 0 Å². The maximum atomic E-state index is 14.2. The molecule has 4 rings (SSSR count). The molecule has 0 saturated carbocycles. The number of benzene rings is 2. The molecule has 0 aliphatic heterocycles. The number of halogens is 2. The molecular formula is C19H14F2N6O. The van der Waals surface area contributed by atoms with Crippen LogP contribution in [0.4, 0.5) is 14.6 Å². The van der Waals surface area contributed by atoms with Crippen molar-refractivity contribution in [3.05, 3.63) is 71.9 Å². The van der Waals surface area contributed by atoms with E-state index in [0.717, 1.165) is 16.3 Å². The van der Waals surface area contributed by atoms with Gasteiger partial charge in [0.2, 0.25) is 0 Å². The molecule has 140 valence electrons. The van der Waals surface area contributed by atoms with Crippen molar-refractivity contribution in [2.45, 2.75) is 6.61 Å². The lowest BCUT2D eigenvalue weighted by atomic mass is 10.00. The number of hydrogen-bond acceptors (Lipinski definition) is 6. The average molecular weight is 380 g/mol. The van der Waals surface area contributed by atoms with Crippen LogP contribution in [0.1, 0.15) is 5.56 Å². The van der Waals surface area contributed by atoms with Crippen molar-refractivity contribution in [3.63, 3.8) is 0 Å². The van der Waals surface area contributed by atoms with Gasteiger partial charge in [-0.15, -0.1) is 5.10 Å². The van der Waals surface area contributed by atoms with Crippen LogP contribution in [-0.4, -0.2) is 30.3 Å². The SMILES string of the molecule is Nc1ncc(-c2ccccc2CO)cc1-c1nnnn1-c1cccc(F)c1F. The molecule has 2 aromatic heterocycles. The van der Waals surface area contributed by atoms with Gasteiger partial charge in [0.1, 0.15) is 11.5 Å². The van der Waals surface area contributed by atoms with E-state index in [1.807, 2.05) is 18.2 Å². The first-order chi connectivity index (χ1) is 13.6. The molecule has 0 bridgehead atoms. The number of nitrogen functional groups attached to an aromatic ring is 1. The highest BCUT2D eigenvalue weighted by molar-refractivity contribution is 5.77. The van der Waals surface area contributed by atoms with E-state index in [1.54, 1.807) is 18.3 Å². The lowest BCUT2D eigenvalue weighted by Crippen LogP contribution is -2.06. The third-order valence-corrected chi connectivity index (χ3v) is 4.29. The number of aromatic nitrogens is 5. The van der Waals surface area contributed by atoms with Gasteiger partial charge in [-0.1, -0.05) is 30.3 Å². The summed E-state index contributed by atoms with van der Waals surface area (Å²) in [5.41, 5.74) is 8.33. The summed E-state index contributed by atoms with van der Waals surface area (Å²) in [6.07, 6.45) is 1.56. The Hall–Kier alpha value is -3.72. The van der Waals surface area contributed by atoms with E-state index in [4.69, 9.17) is 5.73 Å². The molecule has 0 saturated heterocycles. The van der Waals surface area contributed by atoms with E-state index >= 15 is 0 Å². The highest BCUT2D eigenvalue weighted by atomic mass is 19.2. The first-order valence-electron chi connectivity index (χ1n) is 8.28. The van der Waals surface area contributed by atoms with Crippen LogP contribution in [0.25, 0.3) is 28.2 Å². The number of aliphatic hydroxyl groups is 1. The van der Waals surface area contributed by atoms with Gasteiger partial charge in [-0.2, -0.15) is 4.68 Å². The number of nitrogens with two attached hydrogens (primary N) is 1. The van der Waals surface area contributed by atoms with Crippen molar-refractivity contribution in [1.82, 2.24) is 25.2 Å². The van der Waals surface area contributed by atoms with Gasteiger partial charge < -0.3 is 10.8 Å². The Morgan fingerprint density at radius 3 is 2.68 bits per heavy atom. The Bertz CT molecular complexity index is 1160. The quantitative estimate of drug-likeness (QED) is 0.564. The molecule has 0 aliphatic carbocycles. The van der Waals surface area contributed by atoms with E-state index in [-0.39, 0.29) is 23.9 Å². The minimum atomic E-state index is -1.08. The van der Waals surface area contributed by atoms with Crippen LogP contribution in [0.15, 0.2) is 54.7 Å². The van der Waals surface area contributed by atoms with Crippen LogP contribution in [0.2, 0.25) is 0 Å². The van der Waals surface area contributed by atoms with Crippen LogP contribution in [0.3, 0.4) is 0 Å². The molecule has 0 amide bonds. The summed E-state index contributed by atoms with van der Waals surface area (Å²) in [5.74, 6) is -1.86. The van der Waals surface area contributed by atoms with Crippen LogP contribution in [0, 0.1) is 11.6 Å². The summed E-state index contributed by atoms with van der Waals surface area (Å²) in [6, 6.07) is 12.7. The van der Waals surface area contributed by atoms with E-state index in [1.165, 1.54) is 12.1 Å². The first-order valence-corrected chi connectivity index (χ1v) is 8.28. The van der Waals surface area contributed by atoms with Gasteiger partial charge in [-0.25, -0.2) is 13.8 Å². The van der Waals surface area contributed by atoms with Crippen LogP contribution in [-0.2, 0) is 6.61 Å². The fraction of sp³-hybridized carbons (Fsp3) is 0.0526. The smallest absolute Gasteiger partial charge is 0.190 e. The molecule has 0 atom stereocenters. The van der Waals surface area contributed by atoms with Crippen molar-refractivity contribution in [2.75, 3.05) is 5.73 Å². The zero-order valence-corrected chi connectivity index (χ0v) is 14.4. The minimum absolute atomic E-state index is 0.109. The second-order valence-electron chi connectivity index (χ2n) is 5.96. The summed E-state index contributed by atoms with van der Waals surface area (Å²) in [7, 11) is 0. The van der Waals surface area contributed by atoms with Crippen molar-refractivity contribution >= 4 is 5.82 Å². The number of nitrogens with zero attached hydrogens (tertiary/aromatic N) is 5. The fourth-order valence-corrected chi connectivity index (χ4v) is 2.91. The van der Waals surface area contributed by atoms with Crippen molar-refractivity contribution in [2.24, 2.45) is 0 Å². The van der Waals surface area contributed by atoms with Gasteiger partial charge in [-0.05, 0) is 39.8 Å². The molecule has 0 aliphatic rings. The van der Waals surface area contributed by atoms with Crippen molar-refractivity contribution in [1.29, 1.82) is 0 Å². The third kappa shape index (κ3) is 2.97. The van der Waals surface area contributed by atoms with Gasteiger partial charge in [-0.3, -0.25) is 0 Å². The number of hydrogen-bond donors (Lipinski definition) is 2. The molecule has 4 aromatic rings. The zero-order valence-electron chi connectivity index (χ0n) is 14.4. The normalized spacial score (nSPS) is 11.0. The second kappa shape index (κ2) is 7.12. The number of anilines is 1. The number of tetrazole rings is 1. The Morgan fingerprint density at radius 1 is 1.04 bits per heavy atom.